The summed E-state index contributed by atoms with van der Waals surface area (Å²) in [6, 6.07) is 7.72. The molecule has 0 unspecified atom stereocenters. The van der Waals surface area contributed by atoms with Gasteiger partial charge in [0, 0.05) is 5.69 Å². The summed E-state index contributed by atoms with van der Waals surface area (Å²) in [5.74, 6) is 0.250. The van der Waals surface area contributed by atoms with E-state index in [9.17, 15) is 9.59 Å². The van der Waals surface area contributed by atoms with E-state index in [-0.39, 0.29) is 12.5 Å². The van der Waals surface area contributed by atoms with Crippen molar-refractivity contribution in [2.45, 2.75) is 19.8 Å². The van der Waals surface area contributed by atoms with Crippen molar-refractivity contribution in [1.82, 2.24) is 4.90 Å². The maximum Gasteiger partial charge on any atom is 0.410 e. The molecule has 0 spiro atoms. The molecule has 102 valence electrons. The molecular weight excluding hydrogens is 244 g/mol. The van der Waals surface area contributed by atoms with Gasteiger partial charge < -0.3 is 10.1 Å². The number of amides is 2. The SMILES string of the molecule is CC(C)c1ccc(NC(=O)CN2CCOC2=O)cc1. The van der Waals surface area contributed by atoms with Crippen LogP contribution in [0.4, 0.5) is 10.5 Å². The first-order valence-electron chi connectivity index (χ1n) is 6.38. The third-order valence-electron chi connectivity index (χ3n) is 3.04. The van der Waals surface area contributed by atoms with Crippen molar-refractivity contribution in [3.05, 3.63) is 29.8 Å². The summed E-state index contributed by atoms with van der Waals surface area (Å²) in [4.78, 5) is 24.4. The fourth-order valence-corrected chi connectivity index (χ4v) is 1.89. The van der Waals surface area contributed by atoms with Gasteiger partial charge in [-0.2, -0.15) is 0 Å². The molecule has 0 aromatic heterocycles. The normalized spacial score (nSPS) is 14.7. The Bertz CT molecular complexity index is 468. The van der Waals surface area contributed by atoms with Crippen LogP contribution in [0.3, 0.4) is 0 Å². The van der Waals surface area contributed by atoms with Gasteiger partial charge in [-0.1, -0.05) is 26.0 Å². The van der Waals surface area contributed by atoms with E-state index >= 15 is 0 Å². The minimum Gasteiger partial charge on any atom is -0.448 e. The number of carbonyl (C=O) groups excluding carboxylic acids is 2. The number of benzene rings is 1. The summed E-state index contributed by atoms with van der Waals surface area (Å²) < 4.78 is 4.77. The molecular formula is C14H18N2O3. The Hall–Kier alpha value is -2.04. The Kier molecular flexibility index (Phi) is 4.04. The van der Waals surface area contributed by atoms with E-state index in [1.54, 1.807) is 0 Å². The highest BCUT2D eigenvalue weighted by molar-refractivity contribution is 5.94. The zero-order valence-corrected chi connectivity index (χ0v) is 11.2. The Morgan fingerprint density at radius 3 is 2.58 bits per heavy atom. The Labute approximate surface area is 112 Å². The second kappa shape index (κ2) is 5.73. The van der Waals surface area contributed by atoms with Crippen LogP contribution in [0.25, 0.3) is 0 Å². The number of nitrogens with zero attached hydrogens (tertiary/aromatic N) is 1. The molecule has 0 radical (unpaired) electrons. The van der Waals surface area contributed by atoms with Gasteiger partial charge in [0.1, 0.15) is 13.2 Å². The lowest BCUT2D eigenvalue weighted by Crippen LogP contribution is -2.33. The Morgan fingerprint density at radius 2 is 2.05 bits per heavy atom. The van der Waals surface area contributed by atoms with Gasteiger partial charge in [0.05, 0.1) is 6.54 Å². The Morgan fingerprint density at radius 1 is 1.37 bits per heavy atom. The van der Waals surface area contributed by atoms with Crippen LogP contribution in [-0.2, 0) is 9.53 Å². The third kappa shape index (κ3) is 3.47. The summed E-state index contributed by atoms with van der Waals surface area (Å²) in [6.07, 6.45) is -0.426. The molecule has 2 amide bonds. The number of anilines is 1. The van der Waals surface area contributed by atoms with Gasteiger partial charge in [-0.3, -0.25) is 9.69 Å². The van der Waals surface area contributed by atoms with Gasteiger partial charge >= 0.3 is 6.09 Å². The molecule has 19 heavy (non-hydrogen) atoms. The lowest BCUT2D eigenvalue weighted by atomic mass is 10.0. The highest BCUT2D eigenvalue weighted by Gasteiger charge is 2.23. The van der Waals surface area contributed by atoms with Gasteiger partial charge in [0.15, 0.2) is 0 Å². The summed E-state index contributed by atoms with van der Waals surface area (Å²) in [6.45, 7) is 5.09. The summed E-state index contributed by atoms with van der Waals surface area (Å²) >= 11 is 0. The predicted molar refractivity (Wildman–Crippen MR) is 72.1 cm³/mol. The zero-order valence-electron chi connectivity index (χ0n) is 11.2. The number of hydrogen-bond acceptors (Lipinski definition) is 3. The van der Waals surface area contributed by atoms with Crippen LogP contribution in [0.15, 0.2) is 24.3 Å². The van der Waals surface area contributed by atoms with Crippen LogP contribution in [0.2, 0.25) is 0 Å². The molecule has 1 fully saturated rings. The van der Waals surface area contributed by atoms with Crippen LogP contribution in [-0.4, -0.2) is 36.6 Å². The molecule has 0 atom stereocenters. The molecule has 1 saturated heterocycles. The molecule has 5 heteroatoms. The molecule has 1 aromatic rings. The molecule has 2 rings (SSSR count). The molecule has 1 aromatic carbocycles. The predicted octanol–water partition coefficient (Wildman–Crippen LogP) is 2.20. The molecule has 1 aliphatic rings. The summed E-state index contributed by atoms with van der Waals surface area (Å²) in [5, 5.41) is 2.77. The second-order valence-electron chi connectivity index (χ2n) is 4.86. The van der Waals surface area contributed by atoms with Crippen molar-refractivity contribution in [2.75, 3.05) is 25.0 Å². The summed E-state index contributed by atoms with van der Waals surface area (Å²) in [7, 11) is 0. The van der Waals surface area contributed by atoms with Crippen LogP contribution >= 0.6 is 0 Å². The minimum atomic E-state index is -0.426. The van der Waals surface area contributed by atoms with Crippen LogP contribution in [0.5, 0.6) is 0 Å². The van der Waals surface area contributed by atoms with Gasteiger partial charge in [-0.05, 0) is 23.6 Å². The first-order chi connectivity index (χ1) is 9.06. The average molecular weight is 262 g/mol. The molecule has 1 heterocycles. The minimum absolute atomic E-state index is 0.0325. The second-order valence-corrected chi connectivity index (χ2v) is 4.86. The molecule has 1 aliphatic heterocycles. The van der Waals surface area contributed by atoms with Gasteiger partial charge in [-0.15, -0.1) is 0 Å². The van der Waals surface area contributed by atoms with E-state index in [2.05, 4.69) is 19.2 Å². The maximum absolute atomic E-state index is 11.8. The average Bonchev–Trinajstić information content (AvgIpc) is 2.75. The molecule has 0 bridgehead atoms. The molecule has 5 nitrogen and oxygen atoms in total. The monoisotopic (exact) mass is 262 g/mol. The van der Waals surface area contributed by atoms with Crippen molar-refractivity contribution in [2.24, 2.45) is 0 Å². The van der Waals surface area contributed by atoms with E-state index in [4.69, 9.17) is 4.74 Å². The van der Waals surface area contributed by atoms with Crippen LogP contribution in [0.1, 0.15) is 25.3 Å². The number of carbonyl (C=O) groups is 2. The number of hydrogen-bond donors (Lipinski definition) is 1. The number of rotatable bonds is 4. The molecule has 0 saturated carbocycles. The van der Waals surface area contributed by atoms with Gasteiger partial charge in [0.25, 0.3) is 0 Å². The number of ether oxygens (including phenoxy) is 1. The molecule has 1 N–H and O–H groups in total. The van der Waals surface area contributed by atoms with E-state index in [1.807, 2.05) is 24.3 Å². The van der Waals surface area contributed by atoms with Crippen LogP contribution < -0.4 is 5.32 Å². The van der Waals surface area contributed by atoms with E-state index < -0.39 is 6.09 Å². The van der Waals surface area contributed by atoms with Crippen molar-refractivity contribution in [3.63, 3.8) is 0 Å². The van der Waals surface area contributed by atoms with Crippen molar-refractivity contribution < 1.29 is 14.3 Å². The van der Waals surface area contributed by atoms with Gasteiger partial charge in [0.2, 0.25) is 5.91 Å². The highest BCUT2D eigenvalue weighted by atomic mass is 16.6. The smallest absolute Gasteiger partial charge is 0.410 e. The quantitative estimate of drug-likeness (QED) is 0.905. The zero-order chi connectivity index (χ0) is 13.8. The van der Waals surface area contributed by atoms with Crippen LogP contribution in [0, 0.1) is 0 Å². The number of nitrogens with one attached hydrogen (secondary N) is 1. The standard InChI is InChI=1S/C14H18N2O3/c1-10(2)11-3-5-12(6-4-11)15-13(17)9-16-7-8-19-14(16)18/h3-6,10H,7-9H2,1-2H3,(H,15,17). The lowest BCUT2D eigenvalue weighted by Gasteiger charge is -2.13. The fourth-order valence-electron chi connectivity index (χ4n) is 1.89. The first-order valence-corrected chi connectivity index (χ1v) is 6.38. The topological polar surface area (TPSA) is 58.6 Å². The van der Waals surface area contributed by atoms with E-state index in [0.29, 0.717) is 19.1 Å². The van der Waals surface area contributed by atoms with Crippen molar-refractivity contribution >= 4 is 17.7 Å². The maximum atomic E-state index is 11.8. The Balaban J connectivity index is 1.89. The van der Waals surface area contributed by atoms with Gasteiger partial charge in [-0.25, -0.2) is 4.79 Å². The number of cyclic esters (lactones) is 1. The first kappa shape index (κ1) is 13.4. The third-order valence-corrected chi connectivity index (χ3v) is 3.04. The lowest BCUT2D eigenvalue weighted by molar-refractivity contribution is -0.116. The van der Waals surface area contributed by atoms with E-state index in [1.165, 1.54) is 10.5 Å². The highest BCUT2D eigenvalue weighted by Crippen LogP contribution is 2.17. The van der Waals surface area contributed by atoms with Crippen molar-refractivity contribution in [1.29, 1.82) is 0 Å². The van der Waals surface area contributed by atoms with Crippen molar-refractivity contribution in [3.8, 4) is 0 Å². The fraction of sp³-hybridized carbons (Fsp3) is 0.429. The van der Waals surface area contributed by atoms with E-state index in [0.717, 1.165) is 5.69 Å². The summed E-state index contributed by atoms with van der Waals surface area (Å²) in [5.41, 5.74) is 1.96. The largest absolute Gasteiger partial charge is 0.448 e. The molecule has 0 aliphatic carbocycles.